The Labute approximate surface area is 162 Å². The van der Waals surface area contributed by atoms with Crippen LogP contribution >= 0.6 is 0 Å². The topological polar surface area (TPSA) is 83.1 Å². The summed E-state index contributed by atoms with van der Waals surface area (Å²) < 4.78 is 21.4. The number of anilines is 1. The molecule has 1 N–H and O–H groups in total. The molecule has 0 spiro atoms. The first-order chi connectivity index (χ1) is 13.7. The molecule has 7 nitrogen and oxygen atoms in total. The van der Waals surface area contributed by atoms with Crippen molar-refractivity contribution in [3.63, 3.8) is 0 Å². The van der Waals surface area contributed by atoms with E-state index >= 15 is 0 Å². The molecule has 0 unspecified atom stereocenters. The van der Waals surface area contributed by atoms with Gasteiger partial charge in [0.1, 0.15) is 19.0 Å². The fourth-order valence-corrected chi connectivity index (χ4v) is 2.57. The number of esters is 1. The summed E-state index contributed by atoms with van der Waals surface area (Å²) >= 11 is 0. The maximum Gasteiger partial charge on any atom is 0.331 e. The predicted molar refractivity (Wildman–Crippen MR) is 104 cm³/mol. The van der Waals surface area contributed by atoms with Crippen molar-refractivity contribution in [1.29, 1.82) is 0 Å². The summed E-state index contributed by atoms with van der Waals surface area (Å²) in [4.78, 5) is 23.9. The van der Waals surface area contributed by atoms with Crippen LogP contribution in [0, 0.1) is 0 Å². The van der Waals surface area contributed by atoms with Gasteiger partial charge in [-0.1, -0.05) is 18.2 Å². The molecule has 0 saturated heterocycles. The van der Waals surface area contributed by atoms with E-state index in [1.165, 1.54) is 6.08 Å². The average molecular weight is 383 g/mol. The van der Waals surface area contributed by atoms with Gasteiger partial charge >= 0.3 is 5.97 Å². The Morgan fingerprint density at radius 2 is 1.89 bits per heavy atom. The molecule has 0 fully saturated rings. The van der Waals surface area contributed by atoms with Crippen molar-refractivity contribution in [3.05, 3.63) is 54.1 Å². The van der Waals surface area contributed by atoms with Crippen molar-refractivity contribution >= 4 is 23.6 Å². The zero-order valence-corrected chi connectivity index (χ0v) is 15.5. The van der Waals surface area contributed by atoms with Crippen LogP contribution in [0.15, 0.2) is 48.5 Å². The van der Waals surface area contributed by atoms with Gasteiger partial charge in [-0.15, -0.1) is 0 Å². The van der Waals surface area contributed by atoms with Crippen LogP contribution in [0.4, 0.5) is 5.69 Å². The fraction of sp³-hybridized carbons (Fsp3) is 0.238. The lowest BCUT2D eigenvalue weighted by molar-refractivity contribution is -0.142. The van der Waals surface area contributed by atoms with E-state index in [2.05, 4.69) is 5.32 Å². The number of benzene rings is 2. The lowest BCUT2D eigenvalue weighted by Gasteiger charge is -2.18. The molecule has 0 saturated carbocycles. The van der Waals surface area contributed by atoms with Crippen LogP contribution in [-0.2, 0) is 14.3 Å². The molecule has 1 aliphatic rings. The minimum atomic E-state index is -0.622. The highest BCUT2D eigenvalue weighted by molar-refractivity contribution is 5.95. The van der Waals surface area contributed by atoms with E-state index in [0.29, 0.717) is 42.8 Å². The average Bonchev–Trinajstić information content (AvgIpc) is 2.72. The molecular weight excluding hydrogens is 362 g/mol. The minimum Gasteiger partial charge on any atom is -0.493 e. The van der Waals surface area contributed by atoms with Crippen LogP contribution in [0.5, 0.6) is 17.2 Å². The third kappa shape index (κ3) is 5.26. The van der Waals surface area contributed by atoms with Crippen molar-refractivity contribution in [2.24, 2.45) is 0 Å². The molecule has 2 aromatic rings. The number of carbonyl (C=O) groups is 2. The maximum atomic E-state index is 12.0. The van der Waals surface area contributed by atoms with E-state index in [9.17, 15) is 9.59 Å². The Hall–Kier alpha value is -3.48. The minimum absolute atomic E-state index is 0.398. The van der Waals surface area contributed by atoms with Gasteiger partial charge < -0.3 is 24.3 Å². The Morgan fingerprint density at radius 3 is 2.71 bits per heavy atom. The van der Waals surface area contributed by atoms with E-state index in [-0.39, 0.29) is 0 Å². The molecular formula is C21H21NO6. The van der Waals surface area contributed by atoms with Crippen molar-refractivity contribution in [3.8, 4) is 17.2 Å². The zero-order valence-electron chi connectivity index (χ0n) is 15.5. The molecule has 0 aromatic heterocycles. The smallest absolute Gasteiger partial charge is 0.331 e. The molecule has 0 radical (unpaired) electrons. The number of hydrogen-bond acceptors (Lipinski definition) is 6. The fourth-order valence-electron chi connectivity index (χ4n) is 2.57. The first kappa shape index (κ1) is 19.3. The number of ether oxygens (including phenoxy) is 4. The van der Waals surface area contributed by atoms with Gasteiger partial charge in [-0.2, -0.15) is 0 Å². The van der Waals surface area contributed by atoms with E-state index in [1.54, 1.807) is 24.3 Å². The van der Waals surface area contributed by atoms with Crippen molar-refractivity contribution in [2.75, 3.05) is 31.7 Å². The summed E-state index contributed by atoms with van der Waals surface area (Å²) in [6.45, 7) is 2.97. The highest BCUT2D eigenvalue weighted by Gasteiger charge is 2.13. The van der Waals surface area contributed by atoms with E-state index in [4.69, 9.17) is 18.9 Å². The third-order valence-electron chi connectivity index (χ3n) is 3.79. The molecule has 7 heteroatoms. The molecule has 2 aromatic carbocycles. The standard InChI is InChI=1S/C21H21NO6/c1-2-25-17-6-4-3-5-15(17)7-10-21(24)28-14-20(23)22-16-8-9-18-19(13-16)27-12-11-26-18/h3-10,13H,2,11-12,14H2,1H3,(H,22,23)/b10-7+. The van der Waals surface area contributed by atoms with Gasteiger partial charge in [-0.3, -0.25) is 4.79 Å². The zero-order chi connectivity index (χ0) is 19.8. The Kier molecular flexibility index (Phi) is 6.51. The van der Waals surface area contributed by atoms with Gasteiger partial charge in [-0.05, 0) is 31.2 Å². The van der Waals surface area contributed by atoms with Gasteiger partial charge in [0.25, 0.3) is 5.91 Å². The molecule has 1 aliphatic heterocycles. The van der Waals surface area contributed by atoms with Gasteiger partial charge in [-0.25, -0.2) is 4.79 Å². The molecule has 1 heterocycles. The van der Waals surface area contributed by atoms with Crippen LogP contribution in [0.3, 0.4) is 0 Å². The second-order valence-corrected chi connectivity index (χ2v) is 5.82. The Bertz CT molecular complexity index is 877. The van der Waals surface area contributed by atoms with Crippen molar-refractivity contribution in [1.82, 2.24) is 0 Å². The largest absolute Gasteiger partial charge is 0.493 e. The second-order valence-electron chi connectivity index (χ2n) is 5.82. The van der Waals surface area contributed by atoms with Gasteiger partial charge in [0.15, 0.2) is 18.1 Å². The summed E-state index contributed by atoms with van der Waals surface area (Å²) in [6, 6.07) is 12.4. The number of hydrogen-bond donors (Lipinski definition) is 1. The number of nitrogens with one attached hydrogen (secondary N) is 1. The number of amides is 1. The van der Waals surface area contributed by atoms with Crippen LogP contribution in [-0.4, -0.2) is 38.3 Å². The normalized spacial score (nSPS) is 12.5. The number of para-hydroxylation sites is 1. The summed E-state index contributed by atoms with van der Waals surface area (Å²) in [5.74, 6) is 0.798. The van der Waals surface area contributed by atoms with Gasteiger partial charge in [0.2, 0.25) is 0 Å². The van der Waals surface area contributed by atoms with Crippen LogP contribution in [0.2, 0.25) is 0 Å². The SMILES string of the molecule is CCOc1ccccc1/C=C/C(=O)OCC(=O)Nc1ccc2c(c1)OCCO2. The van der Waals surface area contributed by atoms with Gasteiger partial charge in [0.05, 0.1) is 6.61 Å². The molecule has 0 aliphatic carbocycles. The number of carbonyl (C=O) groups excluding carboxylic acids is 2. The lowest BCUT2D eigenvalue weighted by atomic mass is 10.2. The summed E-state index contributed by atoms with van der Waals surface area (Å²) in [5.41, 5.74) is 1.29. The van der Waals surface area contributed by atoms with Gasteiger partial charge in [0, 0.05) is 23.4 Å². The molecule has 3 rings (SSSR count). The van der Waals surface area contributed by atoms with Crippen LogP contribution in [0.25, 0.3) is 6.08 Å². The highest BCUT2D eigenvalue weighted by Crippen LogP contribution is 2.32. The number of rotatable bonds is 7. The third-order valence-corrected chi connectivity index (χ3v) is 3.79. The number of fused-ring (bicyclic) bond motifs is 1. The Balaban J connectivity index is 1.50. The first-order valence-electron chi connectivity index (χ1n) is 8.92. The molecule has 28 heavy (non-hydrogen) atoms. The highest BCUT2D eigenvalue weighted by atomic mass is 16.6. The molecule has 0 bridgehead atoms. The van der Waals surface area contributed by atoms with Crippen LogP contribution in [0.1, 0.15) is 12.5 Å². The molecule has 1 amide bonds. The van der Waals surface area contributed by atoms with E-state index < -0.39 is 18.5 Å². The maximum absolute atomic E-state index is 12.0. The molecule has 146 valence electrons. The Morgan fingerprint density at radius 1 is 1.11 bits per heavy atom. The summed E-state index contributed by atoms with van der Waals surface area (Å²) in [6.07, 6.45) is 2.85. The van der Waals surface area contributed by atoms with Crippen LogP contribution < -0.4 is 19.5 Å². The monoisotopic (exact) mass is 383 g/mol. The van der Waals surface area contributed by atoms with Crippen molar-refractivity contribution < 1.29 is 28.5 Å². The molecule has 0 atom stereocenters. The first-order valence-corrected chi connectivity index (χ1v) is 8.92. The summed E-state index contributed by atoms with van der Waals surface area (Å²) in [5, 5.41) is 2.65. The lowest BCUT2D eigenvalue weighted by Crippen LogP contribution is -2.20. The van der Waals surface area contributed by atoms with E-state index in [0.717, 1.165) is 5.56 Å². The predicted octanol–water partition coefficient (Wildman–Crippen LogP) is 3.05. The second kappa shape index (κ2) is 9.45. The van der Waals surface area contributed by atoms with E-state index in [1.807, 2.05) is 31.2 Å². The summed E-state index contributed by atoms with van der Waals surface area (Å²) in [7, 11) is 0. The quantitative estimate of drug-likeness (QED) is 0.584. The van der Waals surface area contributed by atoms with Crippen molar-refractivity contribution in [2.45, 2.75) is 6.92 Å².